The number of esters is 1. The van der Waals surface area contributed by atoms with Crippen LogP contribution in [-0.2, 0) is 16.2 Å². The Labute approximate surface area is 199 Å². The first-order chi connectivity index (χ1) is 15.8. The molecule has 0 unspecified atom stereocenters. The minimum absolute atomic E-state index is 0.0266. The van der Waals surface area contributed by atoms with Gasteiger partial charge >= 0.3 is 5.97 Å². The van der Waals surface area contributed by atoms with Crippen molar-refractivity contribution in [2.45, 2.75) is 58.8 Å². The maximum absolute atomic E-state index is 12.7. The highest BCUT2D eigenvalue weighted by Gasteiger charge is 2.24. The van der Waals surface area contributed by atoms with Crippen LogP contribution < -0.4 is 4.74 Å². The van der Waals surface area contributed by atoms with Crippen molar-refractivity contribution in [1.82, 2.24) is 9.55 Å². The highest BCUT2D eigenvalue weighted by atomic mass is 28.3. The fourth-order valence-electron chi connectivity index (χ4n) is 3.10. The molecule has 0 atom stereocenters. The predicted molar refractivity (Wildman–Crippen MR) is 132 cm³/mol. The van der Waals surface area contributed by atoms with Crippen molar-refractivity contribution in [2.75, 3.05) is 6.61 Å². The molecule has 0 amide bonds. The summed E-state index contributed by atoms with van der Waals surface area (Å²) in [6.45, 7) is 13.3. The van der Waals surface area contributed by atoms with E-state index in [1.54, 1.807) is 26.8 Å². The lowest BCUT2D eigenvalue weighted by molar-refractivity contribution is -0.384. The maximum Gasteiger partial charge on any atom is 0.342 e. The van der Waals surface area contributed by atoms with Crippen LogP contribution in [0.5, 0.6) is 11.5 Å². The highest BCUT2D eigenvalue weighted by Crippen LogP contribution is 2.32. The minimum Gasteiger partial charge on any atom is -0.456 e. The zero-order valence-electron chi connectivity index (χ0n) is 20.5. The Hall–Kier alpha value is -3.24. The lowest BCUT2D eigenvalue weighted by atomic mass is 10.1. The smallest absolute Gasteiger partial charge is 0.342 e. The molecule has 0 bridgehead atoms. The average Bonchev–Trinajstić information content (AvgIpc) is 3.11. The fourth-order valence-corrected chi connectivity index (χ4v) is 3.85. The first kappa shape index (κ1) is 25.4. The molecule has 2 aromatic heterocycles. The predicted octanol–water partition coefficient (Wildman–Crippen LogP) is 6.00. The number of ether oxygens (including phenoxy) is 3. The van der Waals surface area contributed by atoms with Crippen LogP contribution in [-0.4, -0.2) is 40.7 Å². The second-order valence-corrected chi connectivity index (χ2v) is 15.9. The van der Waals surface area contributed by atoms with Gasteiger partial charge in [0, 0.05) is 32.3 Å². The summed E-state index contributed by atoms with van der Waals surface area (Å²) in [5, 5.41) is 12.1. The summed E-state index contributed by atoms with van der Waals surface area (Å²) >= 11 is 0. The van der Waals surface area contributed by atoms with Gasteiger partial charge in [-0.3, -0.25) is 10.1 Å². The Morgan fingerprint density at radius 3 is 2.56 bits per heavy atom. The number of non-ortho nitro benzene ring substituents is 1. The van der Waals surface area contributed by atoms with E-state index < -0.39 is 24.6 Å². The summed E-state index contributed by atoms with van der Waals surface area (Å²) in [4.78, 5) is 27.8. The van der Waals surface area contributed by atoms with Crippen LogP contribution in [0.25, 0.3) is 11.0 Å². The number of hydrogen-bond donors (Lipinski definition) is 0. The molecule has 3 aromatic rings. The van der Waals surface area contributed by atoms with Crippen molar-refractivity contribution in [3.63, 3.8) is 0 Å². The maximum atomic E-state index is 12.7. The molecule has 0 saturated heterocycles. The zero-order chi connectivity index (χ0) is 25.1. The molecule has 10 heteroatoms. The Morgan fingerprint density at radius 2 is 1.91 bits per heavy atom. The third-order valence-corrected chi connectivity index (χ3v) is 6.53. The van der Waals surface area contributed by atoms with Gasteiger partial charge in [0.2, 0.25) is 0 Å². The van der Waals surface area contributed by atoms with Crippen LogP contribution in [0.15, 0.2) is 42.7 Å². The Morgan fingerprint density at radius 1 is 1.18 bits per heavy atom. The monoisotopic (exact) mass is 485 g/mol. The van der Waals surface area contributed by atoms with Crippen LogP contribution in [0.1, 0.15) is 31.1 Å². The number of nitro groups is 1. The molecule has 34 heavy (non-hydrogen) atoms. The number of rotatable bonds is 9. The highest BCUT2D eigenvalue weighted by molar-refractivity contribution is 6.76. The molecule has 0 saturated carbocycles. The second-order valence-electron chi connectivity index (χ2n) is 10.3. The molecular weight excluding hydrogens is 454 g/mol. The summed E-state index contributed by atoms with van der Waals surface area (Å²) in [6, 6.07) is 8.53. The third-order valence-electron chi connectivity index (χ3n) is 4.83. The van der Waals surface area contributed by atoms with E-state index in [9.17, 15) is 14.9 Å². The summed E-state index contributed by atoms with van der Waals surface area (Å²) < 4.78 is 19.0. The standard InChI is InChI=1S/C24H31N3O6Si/c1-24(2,3)33-23(28)20-8-7-18(27(29)30)14-21(20)32-19-13-17-9-10-26(22(17)25-15-19)16-31-11-12-34(4,5)6/h7-10,13-15H,11-12,16H2,1-6H3. The number of hydrogen-bond acceptors (Lipinski definition) is 7. The Bertz CT molecular complexity index is 1190. The quantitative estimate of drug-likeness (QED) is 0.120. The van der Waals surface area contributed by atoms with Gasteiger partial charge in [-0.05, 0) is 45.0 Å². The normalized spacial score (nSPS) is 12.1. The lowest BCUT2D eigenvalue weighted by Crippen LogP contribution is -2.24. The third kappa shape index (κ3) is 6.88. The van der Waals surface area contributed by atoms with Crippen molar-refractivity contribution in [1.29, 1.82) is 0 Å². The molecule has 0 aliphatic carbocycles. The van der Waals surface area contributed by atoms with Crippen LogP contribution in [0.3, 0.4) is 0 Å². The second kappa shape index (κ2) is 9.94. The van der Waals surface area contributed by atoms with Crippen molar-refractivity contribution in [3.8, 4) is 11.5 Å². The number of carbonyl (C=O) groups is 1. The molecule has 9 nitrogen and oxygen atoms in total. The Kier molecular flexibility index (Phi) is 7.42. The number of benzene rings is 1. The molecule has 2 heterocycles. The summed E-state index contributed by atoms with van der Waals surface area (Å²) in [6.07, 6.45) is 3.40. The SMILES string of the molecule is CC(C)(C)OC(=O)c1ccc([N+](=O)[O-])cc1Oc1cnc2c(ccn2COCC[Si](C)(C)C)c1. The number of fused-ring (bicyclic) bond motifs is 1. The molecule has 0 fully saturated rings. The van der Waals surface area contributed by atoms with Crippen molar-refractivity contribution >= 4 is 30.8 Å². The van der Waals surface area contributed by atoms with Gasteiger partial charge in [-0.15, -0.1) is 0 Å². The van der Waals surface area contributed by atoms with Gasteiger partial charge in [0.15, 0.2) is 0 Å². The van der Waals surface area contributed by atoms with Crippen molar-refractivity contribution < 1.29 is 23.9 Å². The van der Waals surface area contributed by atoms with Gasteiger partial charge < -0.3 is 18.8 Å². The number of carbonyl (C=O) groups excluding carboxylic acids is 1. The van der Waals surface area contributed by atoms with Crippen molar-refractivity contribution in [2.24, 2.45) is 0 Å². The summed E-state index contributed by atoms with van der Waals surface area (Å²) in [7, 11) is -1.16. The minimum atomic E-state index is -1.16. The van der Waals surface area contributed by atoms with E-state index in [0.29, 0.717) is 19.1 Å². The van der Waals surface area contributed by atoms with Gasteiger partial charge in [0.25, 0.3) is 5.69 Å². The summed E-state index contributed by atoms with van der Waals surface area (Å²) in [5.74, 6) is -0.262. The molecule has 3 rings (SSSR count). The van der Waals surface area contributed by atoms with E-state index in [2.05, 4.69) is 24.6 Å². The van der Waals surface area contributed by atoms with Crippen molar-refractivity contribution in [3.05, 3.63) is 58.4 Å². The number of nitrogens with zero attached hydrogens (tertiary/aromatic N) is 3. The van der Waals surface area contributed by atoms with Crippen LogP contribution >= 0.6 is 0 Å². The van der Waals surface area contributed by atoms with Gasteiger partial charge in [-0.1, -0.05) is 19.6 Å². The molecular formula is C24H31N3O6Si. The van der Waals surface area contributed by atoms with Gasteiger partial charge in [-0.2, -0.15) is 0 Å². The number of pyridine rings is 1. The van der Waals surface area contributed by atoms with Gasteiger partial charge in [-0.25, -0.2) is 9.78 Å². The van der Waals surface area contributed by atoms with Gasteiger partial charge in [0.1, 0.15) is 35.0 Å². The molecule has 0 N–H and O–H groups in total. The van der Waals surface area contributed by atoms with E-state index in [1.165, 1.54) is 24.4 Å². The van der Waals surface area contributed by atoms with E-state index in [1.807, 2.05) is 16.8 Å². The molecule has 0 radical (unpaired) electrons. The Balaban J connectivity index is 1.82. The van der Waals surface area contributed by atoms with E-state index in [-0.39, 0.29) is 17.0 Å². The molecule has 1 aromatic carbocycles. The molecule has 0 spiro atoms. The summed E-state index contributed by atoms with van der Waals surface area (Å²) in [5.41, 5.74) is -0.102. The number of aromatic nitrogens is 2. The lowest BCUT2D eigenvalue weighted by Gasteiger charge is -2.20. The molecule has 182 valence electrons. The molecule has 0 aliphatic rings. The van der Waals surface area contributed by atoms with Crippen LogP contribution in [0, 0.1) is 10.1 Å². The zero-order valence-corrected chi connectivity index (χ0v) is 21.5. The molecule has 0 aliphatic heterocycles. The average molecular weight is 486 g/mol. The largest absolute Gasteiger partial charge is 0.456 e. The van der Waals surface area contributed by atoms with E-state index >= 15 is 0 Å². The van der Waals surface area contributed by atoms with E-state index in [0.717, 1.165) is 17.1 Å². The number of nitro benzene ring substituents is 1. The van der Waals surface area contributed by atoms with Crippen LogP contribution in [0.4, 0.5) is 5.69 Å². The first-order valence-corrected chi connectivity index (χ1v) is 14.8. The fraction of sp³-hybridized carbons (Fsp3) is 0.417. The van der Waals surface area contributed by atoms with Crippen LogP contribution in [0.2, 0.25) is 25.7 Å². The van der Waals surface area contributed by atoms with E-state index in [4.69, 9.17) is 14.2 Å². The first-order valence-electron chi connectivity index (χ1n) is 11.0. The van der Waals surface area contributed by atoms with Gasteiger partial charge in [0.05, 0.1) is 17.2 Å². The topological polar surface area (TPSA) is 106 Å².